The van der Waals surface area contributed by atoms with Crippen molar-refractivity contribution in [1.82, 2.24) is 25.3 Å². The van der Waals surface area contributed by atoms with E-state index in [0.29, 0.717) is 49.2 Å². The van der Waals surface area contributed by atoms with E-state index in [1.807, 2.05) is 66.7 Å². The van der Waals surface area contributed by atoms with Crippen LogP contribution in [-0.4, -0.2) is 132 Å². The van der Waals surface area contributed by atoms with Crippen LogP contribution in [0.1, 0.15) is 79.5 Å². The Morgan fingerprint density at radius 1 is 0.753 bits per heavy atom. The number of amides is 1. The number of carboxylic acids is 1. The number of halogens is 3. The van der Waals surface area contributed by atoms with Gasteiger partial charge in [0, 0.05) is 62.3 Å². The number of nitrogens with one attached hydrogen (secondary N) is 2. The number of allylic oxidation sites excluding steroid dienone is 2. The summed E-state index contributed by atoms with van der Waals surface area (Å²) in [5.41, 5.74) is 7.62. The lowest BCUT2D eigenvalue weighted by Gasteiger charge is -2.39. The van der Waals surface area contributed by atoms with Gasteiger partial charge >= 0.3 is 23.9 Å². The van der Waals surface area contributed by atoms with E-state index >= 15 is 0 Å². The van der Waals surface area contributed by atoms with Crippen LogP contribution >= 0.6 is 37.2 Å². The molecule has 1 saturated heterocycles. The summed E-state index contributed by atoms with van der Waals surface area (Å²) in [5.74, 6) is -3.90. The van der Waals surface area contributed by atoms with Gasteiger partial charge in [0.05, 0.1) is 47.8 Å². The molecule has 5 aromatic carbocycles. The number of carboxylic acid groups (broad SMARTS) is 1. The number of methoxy groups -OCH3 is 1. The van der Waals surface area contributed by atoms with Gasteiger partial charge in [0.15, 0.2) is 0 Å². The smallest absolute Gasteiger partial charge is 0.336 e. The van der Waals surface area contributed by atoms with Gasteiger partial charge in [-0.1, -0.05) is 127 Å². The van der Waals surface area contributed by atoms with Crippen LogP contribution in [-0.2, 0) is 57.4 Å². The number of esters is 3. The second-order valence-electron chi connectivity index (χ2n) is 19.6. The first-order valence-corrected chi connectivity index (χ1v) is 26.5. The average molecular weight is 1170 g/mol. The first kappa shape index (κ1) is 66.4. The molecule has 20 heteroatoms. The lowest BCUT2D eigenvalue weighted by Crippen LogP contribution is -2.54. The zero-order valence-electron chi connectivity index (χ0n) is 46.2. The topological polar surface area (TPSA) is 210 Å². The van der Waals surface area contributed by atoms with Gasteiger partial charge in [0.25, 0.3) is 5.69 Å². The molecule has 17 nitrogen and oxygen atoms in total. The van der Waals surface area contributed by atoms with Crippen molar-refractivity contribution < 1.29 is 48.2 Å². The molecule has 2 heterocycles. The number of fused-ring (bicyclic) bond motifs is 1. The van der Waals surface area contributed by atoms with E-state index in [9.17, 15) is 39.2 Å². The zero-order valence-corrected chi connectivity index (χ0v) is 48.6. The molecule has 3 N–H and O–H groups in total. The number of non-ortho nitro benzene ring substituents is 1. The second-order valence-corrected chi connectivity index (χ2v) is 19.6. The molecule has 2 aliphatic heterocycles. The summed E-state index contributed by atoms with van der Waals surface area (Å²) in [6.45, 7) is 10.8. The number of nitro groups is 1. The highest BCUT2D eigenvalue weighted by Gasteiger charge is 2.39. The normalized spacial score (nSPS) is 15.9. The fraction of sp³-hybridized carbons (Fsp3) is 0.361. The number of dihydropyridines is 1. The number of hydrogen-bond acceptors (Lipinski definition) is 14. The predicted octanol–water partition coefficient (Wildman–Crippen LogP) is 8.83. The minimum atomic E-state index is -1.06. The van der Waals surface area contributed by atoms with Crippen LogP contribution in [0.3, 0.4) is 0 Å². The van der Waals surface area contributed by atoms with Crippen LogP contribution in [0.25, 0.3) is 0 Å². The average Bonchev–Trinajstić information content (AvgIpc) is 4.00. The fourth-order valence-corrected chi connectivity index (χ4v) is 10.6. The fourth-order valence-electron chi connectivity index (χ4n) is 10.6. The Labute approximate surface area is 492 Å². The van der Waals surface area contributed by atoms with E-state index in [1.54, 1.807) is 33.8 Å². The summed E-state index contributed by atoms with van der Waals surface area (Å²) in [6.07, 6.45) is 2.36. The van der Waals surface area contributed by atoms with Gasteiger partial charge < -0.3 is 29.5 Å². The molecule has 1 fully saturated rings. The highest BCUT2D eigenvalue weighted by atomic mass is 35.5. The molecule has 0 aromatic heterocycles. The number of piperazine rings is 1. The van der Waals surface area contributed by atoms with Gasteiger partial charge in [0.2, 0.25) is 5.91 Å². The number of nitro benzene ring substituents is 1. The molecule has 0 bridgehead atoms. The SMILES string of the molecule is CCOC(=O)[C@H](CCc1ccccc1)N[C@@H](C)C(=O)N(CC(=O)O)C1Cc2ccccc2C1.COC(=O)C1=C(C)NC(C)=C(C(=O)OCCN2CCN(C(c3ccccc3)c3ccccc3)CC2)C1c1cccc([N+](=O)[O-])c1.Cl.Cl.Cl. The van der Waals surface area contributed by atoms with Crippen LogP contribution in [0.4, 0.5) is 5.69 Å². The standard InChI is InChI=1S/C35H38N4O6.C26H32N2O5.3ClH/c1-24-30(34(40)44-3)32(28-15-10-16-29(23-28)39(42)43)31(25(2)36-24)35(41)45-22-21-37-17-19-38(20-18-37)33(26-11-6-4-7-12-26)27-13-8-5-9-14-27;1-3-33-26(32)23(14-13-19-9-5-4-6-10-19)27-18(2)25(31)28(17-24(29)30)22-15-20-11-7-8-12-21(20)16-22;;;/h4-16,23,32-33,36H,17-22H2,1-3H3;4-12,18,22-23,27H,3,13-17H2,1-2H3,(H,29,30);3*1H/t;18-,23-;;;/m.0.../s1. The summed E-state index contributed by atoms with van der Waals surface area (Å²) in [6, 6.07) is 43.2. The number of nitrogens with zero attached hydrogens (tertiary/aromatic N) is 4. The molecular formula is C61H73Cl3N6O11. The molecule has 1 amide bonds. The molecule has 0 spiro atoms. The van der Waals surface area contributed by atoms with Crippen molar-refractivity contribution in [3.63, 3.8) is 0 Å². The molecule has 1 aliphatic carbocycles. The first-order chi connectivity index (χ1) is 37.7. The molecule has 5 aromatic rings. The third-order valence-corrected chi connectivity index (χ3v) is 14.5. The van der Waals surface area contributed by atoms with Crippen LogP contribution in [0.5, 0.6) is 0 Å². The molecule has 8 rings (SSSR count). The van der Waals surface area contributed by atoms with Gasteiger partial charge in [-0.15, -0.1) is 37.2 Å². The number of carbonyl (C=O) groups is 5. The molecule has 0 saturated carbocycles. The Balaban J connectivity index is 0.000000351. The zero-order chi connectivity index (χ0) is 55.7. The second kappa shape index (κ2) is 32.4. The summed E-state index contributed by atoms with van der Waals surface area (Å²) in [7, 11) is 1.26. The van der Waals surface area contributed by atoms with E-state index in [4.69, 9.17) is 14.2 Å². The summed E-state index contributed by atoms with van der Waals surface area (Å²) < 4.78 is 16.1. The van der Waals surface area contributed by atoms with Gasteiger partial charge in [-0.2, -0.15) is 0 Å². The lowest BCUT2D eigenvalue weighted by atomic mass is 9.80. The van der Waals surface area contributed by atoms with E-state index in [0.717, 1.165) is 42.9 Å². The molecular weight excluding hydrogens is 1100 g/mol. The molecule has 3 aliphatic rings. The highest BCUT2D eigenvalue weighted by Crippen LogP contribution is 2.40. The van der Waals surface area contributed by atoms with Crippen molar-refractivity contribution >= 4 is 72.7 Å². The quantitative estimate of drug-likeness (QED) is 0.0271. The first-order valence-electron chi connectivity index (χ1n) is 26.5. The molecule has 434 valence electrons. The minimum absolute atomic E-state index is 0. The van der Waals surface area contributed by atoms with Gasteiger partial charge in [0.1, 0.15) is 19.2 Å². The summed E-state index contributed by atoms with van der Waals surface area (Å²) >= 11 is 0. The van der Waals surface area contributed by atoms with E-state index < -0.39 is 46.8 Å². The van der Waals surface area contributed by atoms with Crippen molar-refractivity contribution in [3.8, 4) is 0 Å². The maximum Gasteiger partial charge on any atom is 0.336 e. The Morgan fingerprint density at radius 2 is 1.30 bits per heavy atom. The van der Waals surface area contributed by atoms with Gasteiger partial charge in [-0.05, 0) is 86.8 Å². The Bertz CT molecular complexity index is 2900. The van der Waals surface area contributed by atoms with Crippen LogP contribution in [0.2, 0.25) is 0 Å². The Morgan fingerprint density at radius 3 is 1.83 bits per heavy atom. The number of carbonyl (C=O) groups excluding carboxylic acids is 4. The van der Waals surface area contributed by atoms with Gasteiger partial charge in [-0.3, -0.25) is 39.6 Å². The van der Waals surface area contributed by atoms with Crippen molar-refractivity contribution in [3.05, 3.63) is 206 Å². The van der Waals surface area contributed by atoms with E-state index in [-0.39, 0.29) is 91.8 Å². The number of hydrogen-bond donors (Lipinski definition) is 3. The van der Waals surface area contributed by atoms with E-state index in [1.165, 1.54) is 41.3 Å². The van der Waals surface area contributed by atoms with E-state index in [2.05, 4.69) is 69.0 Å². The Kier molecular flexibility index (Phi) is 26.5. The van der Waals surface area contributed by atoms with Crippen molar-refractivity contribution in [2.45, 2.75) is 83.5 Å². The largest absolute Gasteiger partial charge is 0.480 e. The van der Waals surface area contributed by atoms with Gasteiger partial charge in [-0.25, -0.2) is 9.59 Å². The monoisotopic (exact) mass is 1170 g/mol. The third-order valence-electron chi connectivity index (χ3n) is 14.5. The molecule has 1 unspecified atom stereocenters. The summed E-state index contributed by atoms with van der Waals surface area (Å²) in [5, 5.41) is 27.2. The van der Waals surface area contributed by atoms with Crippen molar-refractivity contribution in [2.75, 3.05) is 59.6 Å². The maximum absolute atomic E-state index is 13.6. The third kappa shape index (κ3) is 17.7. The number of aliphatic carboxylic acids is 1. The van der Waals surface area contributed by atoms with Crippen LogP contribution < -0.4 is 10.6 Å². The van der Waals surface area contributed by atoms with Crippen molar-refractivity contribution in [1.29, 1.82) is 0 Å². The molecule has 3 atom stereocenters. The molecule has 81 heavy (non-hydrogen) atoms. The lowest BCUT2D eigenvalue weighted by molar-refractivity contribution is -0.384. The molecule has 0 radical (unpaired) electrons. The predicted molar refractivity (Wildman–Crippen MR) is 317 cm³/mol. The number of rotatable bonds is 21. The highest BCUT2D eigenvalue weighted by molar-refractivity contribution is 6.00. The Hall–Kier alpha value is -7.12. The number of benzene rings is 5. The van der Waals surface area contributed by atoms with Crippen LogP contribution in [0.15, 0.2) is 162 Å². The number of ether oxygens (including phenoxy) is 3. The maximum atomic E-state index is 13.6. The van der Waals surface area contributed by atoms with Crippen molar-refractivity contribution in [2.24, 2.45) is 0 Å². The van der Waals surface area contributed by atoms with Crippen LogP contribution in [0, 0.1) is 10.1 Å². The minimum Gasteiger partial charge on any atom is -0.480 e. The number of aryl methyl sites for hydroxylation is 1. The summed E-state index contributed by atoms with van der Waals surface area (Å²) in [4.78, 5) is 81.2.